The average Bonchev–Trinajstić information content (AvgIpc) is 1.84. The quantitative estimate of drug-likeness (QED) is 0.576. The van der Waals surface area contributed by atoms with Crippen molar-refractivity contribution < 1.29 is 0 Å². The lowest BCUT2D eigenvalue weighted by Crippen LogP contribution is -2.08. The van der Waals surface area contributed by atoms with E-state index in [0.717, 1.165) is 0 Å². The van der Waals surface area contributed by atoms with Crippen molar-refractivity contribution in [3.63, 3.8) is 0 Å². The molecule has 0 aliphatic carbocycles. The van der Waals surface area contributed by atoms with Gasteiger partial charge >= 0.3 is 0 Å². The van der Waals surface area contributed by atoms with Gasteiger partial charge in [-0.3, -0.25) is 0 Å². The maximum Gasteiger partial charge on any atom is 0.155 e. The van der Waals surface area contributed by atoms with Crippen LogP contribution in [0, 0.1) is 0 Å². The summed E-state index contributed by atoms with van der Waals surface area (Å²) in [7, 11) is 0.486. The molecule has 1 heterocycles. The van der Waals surface area contributed by atoms with Crippen molar-refractivity contribution in [2.45, 2.75) is 0 Å². The molecular formula is C4Cl4Si2. The van der Waals surface area contributed by atoms with Gasteiger partial charge in [0.05, 0.1) is 0 Å². The summed E-state index contributed by atoms with van der Waals surface area (Å²) >= 11 is 22.9. The van der Waals surface area contributed by atoms with Crippen LogP contribution in [0.15, 0.2) is 18.6 Å². The summed E-state index contributed by atoms with van der Waals surface area (Å²) < 4.78 is 2.53. The number of hydrogen-bond acceptors (Lipinski definition) is 0. The van der Waals surface area contributed by atoms with Gasteiger partial charge < -0.3 is 0 Å². The minimum atomic E-state index is 0.243. The van der Waals surface area contributed by atoms with Gasteiger partial charge in [0.15, 0.2) is 19.0 Å². The maximum absolute atomic E-state index is 5.72. The Hall–Kier alpha value is 1.07. The van der Waals surface area contributed by atoms with Crippen LogP contribution < -0.4 is 0 Å². The summed E-state index contributed by atoms with van der Waals surface area (Å²) in [4.78, 5) is 0. The zero-order valence-electron chi connectivity index (χ0n) is 4.51. The Kier molecular flexibility index (Phi) is 3.35. The highest BCUT2D eigenvalue weighted by atomic mass is 35.5. The molecule has 0 nitrogen and oxygen atoms in total. The molecule has 0 spiro atoms. The van der Waals surface area contributed by atoms with Crippen molar-refractivity contribution in [2.24, 2.45) is 0 Å². The predicted molar refractivity (Wildman–Crippen MR) is 49.0 cm³/mol. The first-order chi connectivity index (χ1) is 4.61. The van der Waals surface area contributed by atoms with Crippen LogP contribution in [0.2, 0.25) is 0 Å². The molecule has 0 N–H and O–H groups in total. The Morgan fingerprint density at radius 2 is 0.800 bits per heavy atom. The van der Waals surface area contributed by atoms with E-state index in [2.05, 4.69) is 0 Å². The van der Waals surface area contributed by atoms with Gasteiger partial charge in [0.1, 0.15) is 0 Å². The average molecular weight is 246 g/mol. The minimum Gasteiger partial charge on any atom is -0.0935 e. The zero-order valence-corrected chi connectivity index (χ0v) is 9.54. The van der Waals surface area contributed by atoms with Gasteiger partial charge in [-0.15, -0.1) is 0 Å². The zero-order chi connectivity index (χ0) is 7.72. The highest BCUT2D eigenvalue weighted by molar-refractivity contribution is 6.91. The molecule has 1 aliphatic heterocycles. The highest BCUT2D eigenvalue weighted by Gasteiger charge is 2.17. The van der Waals surface area contributed by atoms with E-state index in [1.807, 2.05) is 0 Å². The Balaban J connectivity index is 2.81. The van der Waals surface area contributed by atoms with Crippen molar-refractivity contribution in [1.29, 1.82) is 0 Å². The molecule has 10 heavy (non-hydrogen) atoms. The molecule has 1 aliphatic rings. The predicted octanol–water partition coefficient (Wildman–Crippen LogP) is 2.62. The first-order valence-electron chi connectivity index (χ1n) is 2.26. The van der Waals surface area contributed by atoms with Crippen molar-refractivity contribution >= 4 is 65.4 Å². The van der Waals surface area contributed by atoms with Gasteiger partial charge in [-0.2, -0.15) is 0 Å². The van der Waals surface area contributed by atoms with Crippen LogP contribution in [0.25, 0.3) is 0 Å². The summed E-state index contributed by atoms with van der Waals surface area (Å²) in [6, 6.07) is 0. The van der Waals surface area contributed by atoms with E-state index in [0.29, 0.717) is 18.6 Å². The summed E-state index contributed by atoms with van der Waals surface area (Å²) in [5, 5.41) is 0. The van der Waals surface area contributed by atoms with Gasteiger partial charge in [0.25, 0.3) is 0 Å². The van der Waals surface area contributed by atoms with E-state index in [-0.39, 0.29) is 19.0 Å². The SMILES string of the molecule is ClC1=C(Cl)[Si]C(Cl)=C(Cl)[Si]1. The fourth-order valence-corrected chi connectivity index (χ4v) is 3.98. The molecule has 6 heteroatoms. The van der Waals surface area contributed by atoms with E-state index in [1.165, 1.54) is 0 Å². The second kappa shape index (κ2) is 3.65. The second-order valence-corrected chi connectivity index (χ2v) is 6.79. The van der Waals surface area contributed by atoms with Crippen LogP contribution in [0.4, 0.5) is 0 Å². The molecular weight excluding hydrogens is 246 g/mol. The Labute approximate surface area is 83.8 Å². The molecule has 0 aromatic carbocycles. The minimum absolute atomic E-state index is 0.243. The first kappa shape index (κ1) is 9.16. The van der Waals surface area contributed by atoms with Crippen LogP contribution in [-0.4, -0.2) is 19.0 Å². The third-order valence-electron chi connectivity index (χ3n) is 0.824. The lowest BCUT2D eigenvalue weighted by Gasteiger charge is -2.08. The maximum atomic E-state index is 5.72. The van der Waals surface area contributed by atoms with Crippen LogP contribution in [0.3, 0.4) is 0 Å². The Bertz CT molecular complexity index is 175. The van der Waals surface area contributed by atoms with Crippen molar-refractivity contribution in [3.8, 4) is 0 Å². The molecule has 0 saturated heterocycles. The Morgan fingerprint density at radius 3 is 1.00 bits per heavy atom. The van der Waals surface area contributed by atoms with E-state index in [4.69, 9.17) is 46.4 Å². The number of rotatable bonds is 0. The van der Waals surface area contributed by atoms with Crippen molar-refractivity contribution in [3.05, 3.63) is 18.6 Å². The summed E-state index contributed by atoms with van der Waals surface area (Å²) in [6.07, 6.45) is 0. The van der Waals surface area contributed by atoms with Gasteiger partial charge in [-0.1, -0.05) is 46.4 Å². The lowest BCUT2D eigenvalue weighted by molar-refractivity contribution is 2.01. The van der Waals surface area contributed by atoms with Gasteiger partial charge in [-0.05, 0) is 0 Å². The molecule has 0 amide bonds. The van der Waals surface area contributed by atoms with Gasteiger partial charge in [0, 0.05) is 18.6 Å². The second-order valence-electron chi connectivity index (χ2n) is 1.51. The van der Waals surface area contributed by atoms with Gasteiger partial charge in [0.2, 0.25) is 0 Å². The topological polar surface area (TPSA) is 0 Å². The molecule has 0 saturated carbocycles. The molecule has 4 radical (unpaired) electrons. The monoisotopic (exact) mass is 244 g/mol. The summed E-state index contributed by atoms with van der Waals surface area (Å²) in [5.74, 6) is 0. The number of halogens is 4. The molecule has 1 rings (SSSR count). The van der Waals surface area contributed by atoms with Crippen LogP contribution in [-0.2, 0) is 0 Å². The van der Waals surface area contributed by atoms with Crippen molar-refractivity contribution in [1.82, 2.24) is 0 Å². The third kappa shape index (κ3) is 2.03. The van der Waals surface area contributed by atoms with E-state index >= 15 is 0 Å². The summed E-state index contributed by atoms with van der Waals surface area (Å²) in [6.45, 7) is 0. The third-order valence-corrected chi connectivity index (χ3v) is 5.92. The standard InChI is InChI=1S/C4Cl4Si2/c5-1-2(6)10-4(8)3(7)9-1. The molecule has 0 fully saturated rings. The molecule has 0 atom stereocenters. The van der Waals surface area contributed by atoms with E-state index in [1.54, 1.807) is 0 Å². The van der Waals surface area contributed by atoms with Crippen LogP contribution in [0.5, 0.6) is 0 Å². The lowest BCUT2D eigenvalue weighted by atomic mass is 11.1. The Morgan fingerprint density at radius 1 is 0.600 bits per heavy atom. The number of hydrogen-bond donors (Lipinski definition) is 0. The highest BCUT2D eigenvalue weighted by Crippen LogP contribution is 2.26. The molecule has 0 unspecified atom stereocenters. The van der Waals surface area contributed by atoms with E-state index in [9.17, 15) is 0 Å². The largest absolute Gasteiger partial charge is 0.155 e. The molecule has 52 valence electrons. The van der Waals surface area contributed by atoms with Crippen LogP contribution >= 0.6 is 46.4 Å². The molecule has 0 bridgehead atoms. The summed E-state index contributed by atoms with van der Waals surface area (Å²) in [5.41, 5.74) is 0. The fourth-order valence-electron chi connectivity index (χ4n) is 0.412. The normalized spacial score (nSPS) is 20.4. The van der Waals surface area contributed by atoms with E-state index < -0.39 is 0 Å². The van der Waals surface area contributed by atoms with Crippen LogP contribution in [0.1, 0.15) is 0 Å². The molecule has 0 aromatic heterocycles. The smallest absolute Gasteiger partial charge is 0.0935 e. The fraction of sp³-hybridized carbons (Fsp3) is 0. The van der Waals surface area contributed by atoms with Gasteiger partial charge in [-0.25, -0.2) is 0 Å². The van der Waals surface area contributed by atoms with Crippen molar-refractivity contribution in [2.75, 3.05) is 0 Å². The molecule has 0 aromatic rings. The first-order valence-corrected chi connectivity index (χ1v) is 5.77.